The molecule has 0 aliphatic carbocycles. The highest BCUT2D eigenvalue weighted by molar-refractivity contribution is 9.11. The van der Waals surface area contributed by atoms with Crippen LogP contribution in [0.3, 0.4) is 0 Å². The van der Waals surface area contributed by atoms with Crippen molar-refractivity contribution in [2.24, 2.45) is 0 Å². The van der Waals surface area contributed by atoms with Crippen molar-refractivity contribution < 1.29 is 0 Å². The second-order valence-corrected chi connectivity index (χ2v) is 7.88. The van der Waals surface area contributed by atoms with E-state index in [2.05, 4.69) is 28.9 Å². The van der Waals surface area contributed by atoms with E-state index < -0.39 is 0 Å². The highest BCUT2D eigenvalue weighted by Gasteiger charge is 2.20. The largest absolute Gasteiger partial charge is 0.145 e. The van der Waals surface area contributed by atoms with Gasteiger partial charge in [-0.25, -0.2) is 0 Å². The first-order chi connectivity index (χ1) is 7.50. The molecular weight excluding hydrogens is 347 g/mol. The number of hydrogen-bond donors (Lipinski definition) is 0. The van der Waals surface area contributed by atoms with Crippen LogP contribution in [0.1, 0.15) is 26.3 Å². The molecule has 16 heavy (non-hydrogen) atoms. The van der Waals surface area contributed by atoms with Crippen molar-refractivity contribution in [2.45, 2.75) is 19.2 Å². The zero-order valence-corrected chi connectivity index (χ0v) is 13.4. The van der Waals surface area contributed by atoms with Crippen molar-refractivity contribution in [2.75, 3.05) is 0 Å². The Hall–Kier alpha value is 0.460. The van der Waals surface area contributed by atoms with Crippen LogP contribution in [0.25, 0.3) is 0 Å². The van der Waals surface area contributed by atoms with Gasteiger partial charge in [-0.1, -0.05) is 11.6 Å². The first kappa shape index (κ1) is 12.9. The van der Waals surface area contributed by atoms with Gasteiger partial charge < -0.3 is 0 Å². The molecule has 0 radical (unpaired) electrons. The van der Waals surface area contributed by atoms with Gasteiger partial charge >= 0.3 is 0 Å². The molecule has 0 aromatic carbocycles. The highest BCUT2D eigenvalue weighted by atomic mass is 79.9. The van der Waals surface area contributed by atoms with Gasteiger partial charge in [-0.05, 0) is 52.4 Å². The van der Waals surface area contributed by atoms with E-state index in [4.69, 9.17) is 23.2 Å². The van der Waals surface area contributed by atoms with E-state index in [0.717, 1.165) is 24.8 Å². The van der Waals surface area contributed by atoms with E-state index in [-0.39, 0.29) is 5.38 Å². The first-order valence-corrected chi connectivity index (χ1v) is 7.94. The summed E-state index contributed by atoms with van der Waals surface area (Å²) >= 11 is 19.5. The SMILES string of the molecule is Cc1csc(C(Cl)c2cc(Br)sc2C)c1Cl. The molecule has 0 amide bonds. The number of aryl methyl sites for hydroxylation is 2. The van der Waals surface area contributed by atoms with Gasteiger partial charge in [0.15, 0.2) is 0 Å². The zero-order valence-electron chi connectivity index (χ0n) is 8.68. The molecular formula is C11H9BrCl2S2. The van der Waals surface area contributed by atoms with E-state index in [9.17, 15) is 0 Å². The van der Waals surface area contributed by atoms with Crippen LogP contribution in [0.5, 0.6) is 0 Å². The molecule has 0 spiro atoms. The summed E-state index contributed by atoms with van der Waals surface area (Å²) in [4.78, 5) is 2.27. The molecule has 0 aliphatic rings. The van der Waals surface area contributed by atoms with Crippen molar-refractivity contribution in [1.82, 2.24) is 0 Å². The van der Waals surface area contributed by atoms with E-state index in [1.165, 1.54) is 4.88 Å². The summed E-state index contributed by atoms with van der Waals surface area (Å²) in [6.07, 6.45) is 0. The molecule has 0 N–H and O–H groups in total. The lowest BCUT2D eigenvalue weighted by molar-refractivity contribution is 1.17. The molecule has 2 aromatic rings. The van der Waals surface area contributed by atoms with Crippen molar-refractivity contribution in [3.63, 3.8) is 0 Å². The molecule has 2 rings (SSSR count). The number of hydrogen-bond acceptors (Lipinski definition) is 2. The van der Waals surface area contributed by atoms with E-state index in [0.29, 0.717) is 0 Å². The minimum Gasteiger partial charge on any atom is -0.145 e. The van der Waals surface area contributed by atoms with Crippen molar-refractivity contribution in [3.8, 4) is 0 Å². The highest BCUT2D eigenvalue weighted by Crippen LogP contribution is 2.43. The second kappa shape index (κ2) is 4.99. The fourth-order valence-electron chi connectivity index (χ4n) is 1.47. The van der Waals surface area contributed by atoms with Crippen LogP contribution in [0.15, 0.2) is 15.2 Å². The molecule has 5 heteroatoms. The summed E-state index contributed by atoms with van der Waals surface area (Å²) in [7, 11) is 0. The number of rotatable bonds is 2. The Morgan fingerprint density at radius 1 is 1.38 bits per heavy atom. The van der Waals surface area contributed by atoms with Gasteiger partial charge in [0.05, 0.1) is 14.2 Å². The number of alkyl halides is 1. The van der Waals surface area contributed by atoms with Gasteiger partial charge in [0.1, 0.15) is 0 Å². The molecule has 1 unspecified atom stereocenters. The summed E-state index contributed by atoms with van der Waals surface area (Å²) in [5, 5.41) is 2.70. The molecule has 2 heterocycles. The molecule has 0 bridgehead atoms. The number of halogens is 3. The monoisotopic (exact) mass is 354 g/mol. The Kier molecular flexibility index (Phi) is 4.02. The average Bonchev–Trinajstić information content (AvgIpc) is 2.71. The summed E-state index contributed by atoms with van der Waals surface area (Å²) in [6.45, 7) is 4.08. The Morgan fingerprint density at radius 2 is 2.06 bits per heavy atom. The molecule has 0 saturated heterocycles. The van der Waals surface area contributed by atoms with Crippen LogP contribution in [-0.4, -0.2) is 0 Å². The molecule has 0 fully saturated rings. The third kappa shape index (κ3) is 2.34. The van der Waals surface area contributed by atoms with Crippen LogP contribution in [0.4, 0.5) is 0 Å². The van der Waals surface area contributed by atoms with Crippen molar-refractivity contribution in [1.29, 1.82) is 0 Å². The first-order valence-electron chi connectivity index (χ1n) is 4.64. The minimum absolute atomic E-state index is 0.145. The summed E-state index contributed by atoms with van der Waals surface area (Å²) in [6, 6.07) is 2.07. The van der Waals surface area contributed by atoms with Crippen LogP contribution >= 0.6 is 61.8 Å². The van der Waals surface area contributed by atoms with Gasteiger partial charge in [-0.3, -0.25) is 0 Å². The minimum atomic E-state index is -0.145. The summed E-state index contributed by atoms with van der Waals surface area (Å²) in [5.41, 5.74) is 2.24. The Bertz CT molecular complexity index is 514. The van der Waals surface area contributed by atoms with Gasteiger partial charge in [0.2, 0.25) is 0 Å². The molecule has 0 nitrogen and oxygen atoms in total. The fourth-order valence-corrected chi connectivity index (χ4v) is 5.13. The third-order valence-electron chi connectivity index (χ3n) is 2.35. The van der Waals surface area contributed by atoms with E-state index >= 15 is 0 Å². The summed E-state index contributed by atoms with van der Waals surface area (Å²) < 4.78 is 1.11. The van der Waals surface area contributed by atoms with Crippen LogP contribution in [0, 0.1) is 13.8 Å². The average molecular weight is 356 g/mol. The maximum atomic E-state index is 6.48. The predicted octanol–water partition coefficient (Wildman–Crippen LogP) is 6.17. The summed E-state index contributed by atoms with van der Waals surface area (Å²) in [5.74, 6) is 0. The lowest BCUT2D eigenvalue weighted by atomic mass is 10.1. The van der Waals surface area contributed by atoms with Gasteiger partial charge in [-0.2, -0.15) is 0 Å². The van der Waals surface area contributed by atoms with Crippen LogP contribution in [-0.2, 0) is 0 Å². The predicted molar refractivity (Wildman–Crippen MR) is 78.5 cm³/mol. The van der Waals surface area contributed by atoms with Gasteiger partial charge in [0, 0.05) is 9.75 Å². The third-order valence-corrected chi connectivity index (χ3v) is 6.29. The molecule has 2 aromatic heterocycles. The van der Waals surface area contributed by atoms with Crippen molar-refractivity contribution in [3.05, 3.63) is 41.1 Å². The molecule has 86 valence electrons. The quantitative estimate of drug-likeness (QED) is 0.565. The normalized spacial score (nSPS) is 13.1. The fraction of sp³-hybridized carbons (Fsp3) is 0.273. The standard InChI is InChI=1S/C11H9BrCl2S2/c1-5-4-15-11(9(5)13)10(14)7-3-8(12)16-6(7)2/h3-4,10H,1-2H3. The Morgan fingerprint density at radius 3 is 2.50 bits per heavy atom. The Labute approximate surface area is 121 Å². The number of thiophene rings is 2. The van der Waals surface area contributed by atoms with E-state index in [1.807, 2.05) is 12.3 Å². The smallest absolute Gasteiger partial charge is 0.0953 e. The van der Waals surface area contributed by atoms with Gasteiger partial charge in [0.25, 0.3) is 0 Å². The maximum absolute atomic E-state index is 6.48. The molecule has 0 saturated carbocycles. The zero-order chi connectivity index (χ0) is 11.9. The lowest BCUT2D eigenvalue weighted by Gasteiger charge is -2.07. The second-order valence-electron chi connectivity index (χ2n) is 3.52. The topological polar surface area (TPSA) is 0 Å². The molecule has 1 atom stereocenters. The van der Waals surface area contributed by atoms with Crippen LogP contribution in [0.2, 0.25) is 5.02 Å². The van der Waals surface area contributed by atoms with Gasteiger partial charge in [-0.15, -0.1) is 34.3 Å². The van der Waals surface area contributed by atoms with Crippen molar-refractivity contribution >= 4 is 61.8 Å². The molecule has 0 aliphatic heterocycles. The lowest BCUT2D eigenvalue weighted by Crippen LogP contribution is -1.90. The Balaban J connectivity index is 2.42. The van der Waals surface area contributed by atoms with Crippen LogP contribution < -0.4 is 0 Å². The van der Waals surface area contributed by atoms with E-state index in [1.54, 1.807) is 22.7 Å². The maximum Gasteiger partial charge on any atom is 0.0953 e.